The number of aromatic nitrogens is 2. The van der Waals surface area contributed by atoms with Gasteiger partial charge in [0.15, 0.2) is 0 Å². The molecule has 0 aliphatic carbocycles. The van der Waals surface area contributed by atoms with Crippen molar-refractivity contribution in [2.45, 2.75) is 0 Å². The molecule has 0 saturated carbocycles. The van der Waals surface area contributed by atoms with Gasteiger partial charge >= 0.3 is 0 Å². The molecule has 10 aromatic rings. The van der Waals surface area contributed by atoms with Gasteiger partial charge in [-0.2, -0.15) is 0 Å². The first kappa shape index (κ1) is 26.8. The first-order valence-corrected chi connectivity index (χ1v) is 16.5. The summed E-state index contributed by atoms with van der Waals surface area (Å²) in [5.41, 5.74) is 12.0. The first-order valence-electron chi connectivity index (χ1n) is 16.5. The van der Waals surface area contributed by atoms with Crippen molar-refractivity contribution >= 4 is 54.4 Å². The molecule has 0 aliphatic rings. The number of hydrogen-bond acceptors (Lipinski definition) is 0. The fourth-order valence-electron chi connectivity index (χ4n) is 7.61. The molecule has 0 aliphatic heterocycles. The first-order chi connectivity index (χ1) is 23.8. The van der Waals surface area contributed by atoms with E-state index >= 15 is 0 Å². The topological polar surface area (TPSA) is 9.86 Å². The van der Waals surface area contributed by atoms with Crippen LogP contribution in [0.4, 0.5) is 0 Å². The summed E-state index contributed by atoms with van der Waals surface area (Å²) in [5, 5.41) is 7.57. The van der Waals surface area contributed by atoms with E-state index in [1.165, 1.54) is 76.6 Å². The second-order valence-electron chi connectivity index (χ2n) is 12.6. The van der Waals surface area contributed by atoms with Gasteiger partial charge in [-0.1, -0.05) is 127 Å². The predicted molar refractivity (Wildman–Crippen MR) is 203 cm³/mol. The van der Waals surface area contributed by atoms with Crippen molar-refractivity contribution in [1.29, 1.82) is 0 Å². The van der Waals surface area contributed by atoms with E-state index < -0.39 is 0 Å². The Morgan fingerprint density at radius 2 is 0.792 bits per heavy atom. The van der Waals surface area contributed by atoms with E-state index in [9.17, 15) is 0 Å². The van der Waals surface area contributed by atoms with Gasteiger partial charge in [-0.3, -0.25) is 0 Å². The quantitative estimate of drug-likeness (QED) is 0.188. The molecule has 2 heteroatoms. The van der Waals surface area contributed by atoms with Gasteiger partial charge in [0.25, 0.3) is 0 Å². The van der Waals surface area contributed by atoms with Gasteiger partial charge in [-0.25, -0.2) is 0 Å². The molecule has 2 aromatic heterocycles. The van der Waals surface area contributed by atoms with Gasteiger partial charge in [-0.05, 0) is 87.6 Å². The molecule has 0 spiro atoms. The summed E-state index contributed by atoms with van der Waals surface area (Å²) in [6.07, 6.45) is 0. The van der Waals surface area contributed by atoms with Crippen LogP contribution >= 0.6 is 0 Å². The van der Waals surface area contributed by atoms with Crippen LogP contribution in [-0.2, 0) is 0 Å². The maximum atomic E-state index is 2.43. The molecule has 0 amide bonds. The van der Waals surface area contributed by atoms with Crippen LogP contribution in [0, 0.1) is 0 Å². The molecule has 224 valence electrons. The van der Waals surface area contributed by atoms with Crippen LogP contribution < -0.4 is 0 Å². The molecule has 0 bridgehead atoms. The monoisotopic (exact) mass is 610 g/mol. The van der Waals surface area contributed by atoms with Crippen LogP contribution in [0.25, 0.3) is 88.0 Å². The molecular weight excluding hydrogens is 581 g/mol. The number of benzene rings is 8. The lowest BCUT2D eigenvalue weighted by molar-refractivity contribution is 1.16. The van der Waals surface area contributed by atoms with E-state index in [1.54, 1.807) is 0 Å². The largest absolute Gasteiger partial charge is 0.309 e. The summed E-state index contributed by atoms with van der Waals surface area (Å²) in [7, 11) is 0. The van der Waals surface area contributed by atoms with Gasteiger partial charge in [-0.15, -0.1) is 0 Å². The van der Waals surface area contributed by atoms with Crippen molar-refractivity contribution in [3.63, 3.8) is 0 Å². The summed E-state index contributed by atoms with van der Waals surface area (Å²) in [6.45, 7) is 0. The fourth-order valence-corrected chi connectivity index (χ4v) is 7.61. The van der Waals surface area contributed by atoms with Gasteiger partial charge in [0, 0.05) is 32.9 Å². The lowest BCUT2D eigenvalue weighted by atomic mass is 10.0. The van der Waals surface area contributed by atoms with Crippen molar-refractivity contribution in [3.05, 3.63) is 182 Å². The van der Waals surface area contributed by atoms with Crippen LogP contribution in [0.15, 0.2) is 182 Å². The highest BCUT2D eigenvalue weighted by molar-refractivity contribution is 6.19. The highest BCUT2D eigenvalue weighted by Gasteiger charge is 2.18. The van der Waals surface area contributed by atoms with Gasteiger partial charge < -0.3 is 9.13 Å². The molecule has 0 unspecified atom stereocenters. The smallest absolute Gasteiger partial charge is 0.0562 e. The van der Waals surface area contributed by atoms with Crippen molar-refractivity contribution in [1.82, 2.24) is 9.13 Å². The maximum absolute atomic E-state index is 2.43. The van der Waals surface area contributed by atoms with Crippen molar-refractivity contribution in [2.24, 2.45) is 0 Å². The summed E-state index contributed by atoms with van der Waals surface area (Å²) >= 11 is 0. The molecular formula is C46H30N2. The standard InChI is InChI=1S/C46H30N2/c1-2-11-31(12-3-1)35-15-10-16-38(28-35)48-44-20-9-7-18-40(44)42-29-41-39-17-6-8-19-43(39)47(45(41)30-46(42)48)37-25-23-33(24-26-37)36-22-21-32-13-4-5-14-34(32)27-36/h1-30H. The zero-order chi connectivity index (χ0) is 31.6. The maximum Gasteiger partial charge on any atom is 0.0562 e. The van der Waals surface area contributed by atoms with Crippen LogP contribution in [-0.4, -0.2) is 9.13 Å². The molecule has 0 fully saturated rings. The van der Waals surface area contributed by atoms with E-state index in [0.717, 1.165) is 11.4 Å². The minimum atomic E-state index is 1.15. The molecule has 0 saturated heterocycles. The molecule has 10 rings (SSSR count). The average Bonchev–Trinajstić information content (AvgIpc) is 3.66. The van der Waals surface area contributed by atoms with E-state index in [2.05, 4.69) is 191 Å². The highest BCUT2D eigenvalue weighted by atomic mass is 15.0. The van der Waals surface area contributed by atoms with Crippen LogP contribution in [0.5, 0.6) is 0 Å². The fraction of sp³-hybridized carbons (Fsp3) is 0. The summed E-state index contributed by atoms with van der Waals surface area (Å²) in [4.78, 5) is 0. The summed E-state index contributed by atoms with van der Waals surface area (Å²) in [5.74, 6) is 0. The third kappa shape index (κ3) is 4.13. The second-order valence-corrected chi connectivity index (χ2v) is 12.6. The Bertz CT molecular complexity index is 2820. The molecule has 8 aromatic carbocycles. The number of rotatable bonds is 4. The minimum absolute atomic E-state index is 1.15. The molecule has 2 heterocycles. The normalized spacial score (nSPS) is 11.8. The third-order valence-corrected chi connectivity index (χ3v) is 9.89. The Kier molecular flexibility index (Phi) is 5.91. The zero-order valence-corrected chi connectivity index (χ0v) is 26.2. The SMILES string of the molecule is c1ccc(-c2cccc(-n3c4ccccc4c4cc5c6ccccc6n(-c6ccc(-c7ccc8ccccc8c7)cc6)c5cc43)c2)cc1. The van der Waals surface area contributed by atoms with E-state index in [4.69, 9.17) is 0 Å². The van der Waals surface area contributed by atoms with Crippen LogP contribution in [0.3, 0.4) is 0 Å². The Morgan fingerprint density at radius 3 is 1.52 bits per heavy atom. The molecule has 0 N–H and O–H groups in total. The summed E-state index contributed by atoms with van der Waals surface area (Å²) in [6, 6.07) is 66.2. The van der Waals surface area contributed by atoms with Crippen molar-refractivity contribution in [3.8, 4) is 33.6 Å². The molecule has 0 radical (unpaired) electrons. The molecule has 2 nitrogen and oxygen atoms in total. The number of hydrogen-bond donors (Lipinski definition) is 0. The van der Waals surface area contributed by atoms with Gasteiger partial charge in [0.2, 0.25) is 0 Å². The highest BCUT2D eigenvalue weighted by Crippen LogP contribution is 2.40. The van der Waals surface area contributed by atoms with E-state index in [-0.39, 0.29) is 0 Å². The van der Waals surface area contributed by atoms with E-state index in [0.29, 0.717) is 0 Å². The molecule has 48 heavy (non-hydrogen) atoms. The minimum Gasteiger partial charge on any atom is -0.309 e. The lowest BCUT2D eigenvalue weighted by Crippen LogP contribution is -1.96. The molecule has 0 atom stereocenters. The Labute approximate surface area is 278 Å². The number of para-hydroxylation sites is 2. The Morgan fingerprint density at radius 1 is 0.250 bits per heavy atom. The van der Waals surface area contributed by atoms with Crippen LogP contribution in [0.2, 0.25) is 0 Å². The van der Waals surface area contributed by atoms with Crippen molar-refractivity contribution in [2.75, 3.05) is 0 Å². The van der Waals surface area contributed by atoms with E-state index in [1.807, 2.05) is 0 Å². The zero-order valence-electron chi connectivity index (χ0n) is 26.2. The number of fused-ring (bicyclic) bond motifs is 7. The average molecular weight is 611 g/mol. The van der Waals surface area contributed by atoms with Gasteiger partial charge in [0.1, 0.15) is 0 Å². The van der Waals surface area contributed by atoms with Crippen molar-refractivity contribution < 1.29 is 0 Å². The summed E-state index contributed by atoms with van der Waals surface area (Å²) < 4.78 is 4.86. The number of nitrogens with zero attached hydrogens (tertiary/aromatic N) is 2. The Balaban J connectivity index is 1.20. The third-order valence-electron chi connectivity index (χ3n) is 9.89. The predicted octanol–water partition coefficient (Wildman–Crippen LogP) is 12.4. The Hall–Kier alpha value is -6.38. The second kappa shape index (κ2) is 10.6. The van der Waals surface area contributed by atoms with Crippen LogP contribution in [0.1, 0.15) is 0 Å². The van der Waals surface area contributed by atoms with Gasteiger partial charge in [0.05, 0.1) is 22.1 Å². The lowest BCUT2D eigenvalue weighted by Gasteiger charge is -2.12.